The van der Waals surface area contributed by atoms with Gasteiger partial charge in [-0.25, -0.2) is 0 Å². The molecule has 1 amide bonds. The lowest BCUT2D eigenvalue weighted by atomic mass is 10.1. The molecule has 1 fully saturated rings. The average Bonchev–Trinajstić information content (AvgIpc) is 2.55. The number of hydrogen-bond acceptors (Lipinski definition) is 3. The summed E-state index contributed by atoms with van der Waals surface area (Å²) >= 11 is 0. The largest absolute Gasteiger partial charge is 0.396 e. The van der Waals surface area contributed by atoms with E-state index < -0.39 is 6.10 Å². The van der Waals surface area contributed by atoms with Gasteiger partial charge in [-0.2, -0.15) is 0 Å². The van der Waals surface area contributed by atoms with Gasteiger partial charge in [-0.1, -0.05) is 6.08 Å². The first-order valence-electron chi connectivity index (χ1n) is 5.36. The Hall–Kier alpha value is -0.870. The molecule has 3 N–H and O–H groups in total. The van der Waals surface area contributed by atoms with Crippen LogP contribution >= 0.6 is 0 Å². The van der Waals surface area contributed by atoms with Crippen molar-refractivity contribution in [3.05, 3.63) is 12.7 Å². The van der Waals surface area contributed by atoms with Crippen molar-refractivity contribution in [2.75, 3.05) is 6.61 Å². The summed E-state index contributed by atoms with van der Waals surface area (Å²) in [6.45, 7) is 3.54. The number of allylic oxidation sites excluding steroid dienone is 1. The van der Waals surface area contributed by atoms with Gasteiger partial charge in [0.05, 0.1) is 6.10 Å². The van der Waals surface area contributed by atoms with E-state index in [1.54, 1.807) is 6.08 Å². The van der Waals surface area contributed by atoms with E-state index in [2.05, 4.69) is 11.9 Å². The minimum Gasteiger partial charge on any atom is -0.396 e. The van der Waals surface area contributed by atoms with Crippen LogP contribution in [0.2, 0.25) is 0 Å². The minimum absolute atomic E-state index is 0.00862. The van der Waals surface area contributed by atoms with Crippen molar-refractivity contribution in [2.24, 2.45) is 5.92 Å². The molecule has 4 nitrogen and oxygen atoms in total. The summed E-state index contributed by atoms with van der Waals surface area (Å²) in [7, 11) is 0. The Balaban J connectivity index is 2.28. The molecule has 1 aliphatic rings. The lowest BCUT2D eigenvalue weighted by molar-refractivity contribution is -0.121. The molecule has 1 saturated carbocycles. The Morgan fingerprint density at radius 3 is 2.80 bits per heavy atom. The third-order valence-electron chi connectivity index (χ3n) is 2.83. The van der Waals surface area contributed by atoms with E-state index in [-0.39, 0.29) is 24.5 Å². The fourth-order valence-electron chi connectivity index (χ4n) is 1.95. The number of rotatable bonds is 5. The number of nitrogens with one attached hydrogen (secondary N) is 1. The highest BCUT2D eigenvalue weighted by Crippen LogP contribution is 2.25. The van der Waals surface area contributed by atoms with E-state index in [0.717, 1.165) is 0 Å². The van der Waals surface area contributed by atoms with Gasteiger partial charge in [-0.3, -0.25) is 4.79 Å². The molecule has 0 heterocycles. The monoisotopic (exact) mass is 213 g/mol. The van der Waals surface area contributed by atoms with Gasteiger partial charge in [0, 0.05) is 25.0 Å². The van der Waals surface area contributed by atoms with Gasteiger partial charge in [0.15, 0.2) is 0 Å². The molecule has 0 aliphatic heterocycles. The molecular weight excluding hydrogens is 194 g/mol. The summed E-state index contributed by atoms with van der Waals surface area (Å²) in [6, 6.07) is 0.00876. The molecule has 1 aliphatic carbocycles. The zero-order chi connectivity index (χ0) is 11.3. The van der Waals surface area contributed by atoms with Crippen LogP contribution in [0.4, 0.5) is 0 Å². The van der Waals surface area contributed by atoms with Gasteiger partial charge in [0.2, 0.25) is 5.91 Å². The normalized spacial score (nSPS) is 30.1. The number of aliphatic hydroxyl groups excluding tert-OH is 2. The first-order chi connectivity index (χ1) is 7.17. The van der Waals surface area contributed by atoms with Crippen molar-refractivity contribution in [2.45, 2.75) is 37.8 Å². The molecule has 0 radical (unpaired) electrons. The van der Waals surface area contributed by atoms with Crippen molar-refractivity contribution in [3.8, 4) is 0 Å². The smallest absolute Gasteiger partial charge is 0.220 e. The molecule has 1 rings (SSSR count). The zero-order valence-electron chi connectivity index (χ0n) is 8.85. The predicted molar refractivity (Wildman–Crippen MR) is 57.2 cm³/mol. The molecule has 0 aromatic rings. The maximum atomic E-state index is 11.4. The van der Waals surface area contributed by atoms with E-state index in [1.165, 1.54) is 0 Å². The quantitative estimate of drug-likeness (QED) is 0.571. The molecule has 4 heteroatoms. The SMILES string of the molecule is C=CCCC(=O)N[C@H]1C[C@H](CO)[C@H](O)C1. The summed E-state index contributed by atoms with van der Waals surface area (Å²) < 4.78 is 0. The molecule has 3 atom stereocenters. The standard InChI is InChI=1S/C11H19NO3/c1-2-3-4-11(15)12-9-5-8(7-13)10(14)6-9/h2,8-10,13-14H,1,3-7H2,(H,12,15)/t8-,9+,10-/m1/s1. The molecule has 0 saturated heterocycles. The van der Waals surface area contributed by atoms with Crippen LogP contribution in [0.15, 0.2) is 12.7 Å². The van der Waals surface area contributed by atoms with E-state index in [0.29, 0.717) is 25.7 Å². The van der Waals surface area contributed by atoms with Gasteiger partial charge in [0.25, 0.3) is 0 Å². The Labute approximate surface area is 90.0 Å². The van der Waals surface area contributed by atoms with Crippen LogP contribution in [0.25, 0.3) is 0 Å². The highest BCUT2D eigenvalue weighted by atomic mass is 16.3. The highest BCUT2D eigenvalue weighted by molar-refractivity contribution is 5.76. The first-order valence-corrected chi connectivity index (χ1v) is 5.36. The summed E-state index contributed by atoms with van der Waals surface area (Å²) in [4.78, 5) is 11.4. The molecular formula is C11H19NO3. The average molecular weight is 213 g/mol. The summed E-state index contributed by atoms with van der Waals surface area (Å²) in [5.74, 6) is -0.0969. The second-order valence-corrected chi connectivity index (χ2v) is 4.07. The van der Waals surface area contributed by atoms with Crippen LogP contribution in [0.5, 0.6) is 0 Å². The van der Waals surface area contributed by atoms with Crippen LogP contribution in [-0.4, -0.2) is 34.9 Å². The third kappa shape index (κ3) is 3.64. The molecule has 15 heavy (non-hydrogen) atoms. The van der Waals surface area contributed by atoms with Crippen LogP contribution < -0.4 is 5.32 Å². The van der Waals surface area contributed by atoms with E-state index in [4.69, 9.17) is 5.11 Å². The fourth-order valence-corrected chi connectivity index (χ4v) is 1.95. The van der Waals surface area contributed by atoms with E-state index in [1.807, 2.05) is 0 Å². The van der Waals surface area contributed by atoms with Gasteiger partial charge in [-0.05, 0) is 19.3 Å². The lowest BCUT2D eigenvalue weighted by Crippen LogP contribution is -2.33. The Morgan fingerprint density at radius 1 is 1.53 bits per heavy atom. The lowest BCUT2D eigenvalue weighted by Gasteiger charge is -2.11. The van der Waals surface area contributed by atoms with E-state index >= 15 is 0 Å². The third-order valence-corrected chi connectivity index (χ3v) is 2.83. The number of amides is 1. The van der Waals surface area contributed by atoms with Crippen LogP contribution in [0, 0.1) is 5.92 Å². The second kappa shape index (κ2) is 5.88. The molecule has 0 unspecified atom stereocenters. The fraction of sp³-hybridized carbons (Fsp3) is 0.727. The van der Waals surface area contributed by atoms with Crippen molar-refractivity contribution >= 4 is 5.91 Å². The van der Waals surface area contributed by atoms with Gasteiger partial charge < -0.3 is 15.5 Å². The number of carbonyl (C=O) groups is 1. The van der Waals surface area contributed by atoms with Crippen LogP contribution in [0.3, 0.4) is 0 Å². The maximum Gasteiger partial charge on any atom is 0.220 e. The highest BCUT2D eigenvalue weighted by Gasteiger charge is 2.32. The van der Waals surface area contributed by atoms with Gasteiger partial charge >= 0.3 is 0 Å². The summed E-state index contributed by atoms with van der Waals surface area (Å²) in [5.41, 5.74) is 0. The Morgan fingerprint density at radius 2 is 2.27 bits per heavy atom. The number of hydrogen-bond donors (Lipinski definition) is 3. The maximum absolute atomic E-state index is 11.4. The first kappa shape index (κ1) is 12.2. The van der Waals surface area contributed by atoms with Crippen molar-refractivity contribution < 1.29 is 15.0 Å². The topological polar surface area (TPSA) is 69.6 Å². The van der Waals surface area contributed by atoms with Crippen LogP contribution in [-0.2, 0) is 4.79 Å². The van der Waals surface area contributed by atoms with Crippen molar-refractivity contribution in [3.63, 3.8) is 0 Å². The summed E-state index contributed by atoms with van der Waals surface area (Å²) in [6.07, 6.45) is 3.55. The Kier molecular flexibility index (Phi) is 4.78. The zero-order valence-corrected chi connectivity index (χ0v) is 8.85. The number of carbonyl (C=O) groups excluding carboxylic acids is 1. The van der Waals surface area contributed by atoms with Crippen LogP contribution in [0.1, 0.15) is 25.7 Å². The van der Waals surface area contributed by atoms with Crippen molar-refractivity contribution in [1.82, 2.24) is 5.32 Å². The minimum atomic E-state index is -0.486. The molecule has 0 bridgehead atoms. The predicted octanol–water partition coefficient (Wildman–Crippen LogP) is 0.201. The molecule has 0 aromatic heterocycles. The number of aliphatic hydroxyl groups is 2. The van der Waals surface area contributed by atoms with Gasteiger partial charge in [0.1, 0.15) is 0 Å². The Bertz CT molecular complexity index is 230. The summed E-state index contributed by atoms with van der Waals surface area (Å²) in [5, 5.41) is 21.3. The molecule has 0 aromatic carbocycles. The van der Waals surface area contributed by atoms with Crippen molar-refractivity contribution in [1.29, 1.82) is 0 Å². The van der Waals surface area contributed by atoms with E-state index in [9.17, 15) is 9.90 Å². The molecule has 86 valence electrons. The molecule has 0 spiro atoms. The second-order valence-electron chi connectivity index (χ2n) is 4.07. The van der Waals surface area contributed by atoms with Gasteiger partial charge in [-0.15, -0.1) is 6.58 Å².